The molecule has 0 bridgehead atoms. The summed E-state index contributed by atoms with van der Waals surface area (Å²) in [4.78, 5) is 15.3. The van der Waals surface area contributed by atoms with E-state index < -0.39 is 5.60 Å². The van der Waals surface area contributed by atoms with Gasteiger partial charge in [-0.15, -0.1) is 11.8 Å². The molecular weight excluding hydrogens is 330 g/mol. The van der Waals surface area contributed by atoms with Crippen LogP contribution in [0, 0.1) is 0 Å². The molecule has 2 aromatic rings. The van der Waals surface area contributed by atoms with Gasteiger partial charge in [0.2, 0.25) is 0 Å². The van der Waals surface area contributed by atoms with Gasteiger partial charge in [0.25, 0.3) is 0 Å². The predicted molar refractivity (Wildman–Crippen MR) is 103 cm³/mol. The second-order valence-electron chi connectivity index (χ2n) is 7.36. The van der Waals surface area contributed by atoms with E-state index in [1.165, 1.54) is 21.6 Å². The maximum Gasteiger partial charge on any atom is 0.410 e. The van der Waals surface area contributed by atoms with Gasteiger partial charge in [0.05, 0.1) is 0 Å². The zero-order valence-corrected chi connectivity index (χ0v) is 15.9. The van der Waals surface area contributed by atoms with Crippen molar-refractivity contribution in [2.75, 3.05) is 6.54 Å². The Balaban J connectivity index is 1.62. The average Bonchev–Trinajstić information content (AvgIpc) is 2.59. The van der Waals surface area contributed by atoms with Crippen LogP contribution in [-0.2, 0) is 23.5 Å². The molecule has 132 valence electrons. The molecule has 0 saturated heterocycles. The third kappa shape index (κ3) is 5.02. The lowest BCUT2D eigenvalue weighted by atomic mass is 10.0. The maximum absolute atomic E-state index is 12.2. The van der Waals surface area contributed by atoms with Crippen LogP contribution in [0.15, 0.2) is 53.4 Å². The molecule has 4 heteroatoms. The van der Waals surface area contributed by atoms with Gasteiger partial charge in [-0.3, -0.25) is 0 Å². The standard InChI is InChI=1S/C21H25NO2S/c1-21(2,3)24-20(23)22-12-11-17-13-19(10-9-18(17)14-22)25-15-16-7-5-4-6-8-16/h4-10,13H,11-12,14-15H2,1-3H3. The number of nitrogens with zero attached hydrogens (tertiary/aromatic N) is 1. The summed E-state index contributed by atoms with van der Waals surface area (Å²) in [6, 6.07) is 17.1. The fourth-order valence-corrected chi connectivity index (χ4v) is 3.76. The Bertz CT molecular complexity index is 737. The van der Waals surface area contributed by atoms with Crippen molar-refractivity contribution in [2.45, 2.75) is 50.0 Å². The molecule has 0 aromatic heterocycles. The van der Waals surface area contributed by atoms with Crippen molar-refractivity contribution in [3.05, 3.63) is 65.2 Å². The number of benzene rings is 2. The zero-order chi connectivity index (χ0) is 17.9. The number of hydrogen-bond acceptors (Lipinski definition) is 3. The molecule has 0 unspecified atom stereocenters. The first-order valence-corrected chi connectivity index (χ1v) is 9.66. The first-order chi connectivity index (χ1) is 11.9. The van der Waals surface area contributed by atoms with E-state index in [2.05, 4.69) is 42.5 Å². The molecule has 0 spiro atoms. The first kappa shape index (κ1) is 17.9. The van der Waals surface area contributed by atoms with E-state index in [9.17, 15) is 4.79 Å². The normalized spacial score (nSPS) is 14.1. The molecule has 2 aromatic carbocycles. The van der Waals surface area contributed by atoms with Crippen molar-refractivity contribution < 1.29 is 9.53 Å². The highest BCUT2D eigenvalue weighted by Crippen LogP contribution is 2.28. The highest BCUT2D eigenvalue weighted by molar-refractivity contribution is 7.98. The molecule has 0 atom stereocenters. The second kappa shape index (κ2) is 7.52. The predicted octanol–water partition coefficient (Wildman–Crippen LogP) is 5.27. The van der Waals surface area contributed by atoms with Crippen molar-refractivity contribution in [3.8, 4) is 0 Å². The topological polar surface area (TPSA) is 29.5 Å². The summed E-state index contributed by atoms with van der Waals surface area (Å²) in [7, 11) is 0. The van der Waals surface area contributed by atoms with Crippen LogP contribution >= 0.6 is 11.8 Å². The van der Waals surface area contributed by atoms with E-state index in [1.54, 1.807) is 4.90 Å². The fraction of sp³-hybridized carbons (Fsp3) is 0.381. The Morgan fingerprint density at radius 2 is 1.88 bits per heavy atom. The van der Waals surface area contributed by atoms with Gasteiger partial charge in [-0.1, -0.05) is 36.4 Å². The van der Waals surface area contributed by atoms with Gasteiger partial charge in [0, 0.05) is 23.7 Å². The van der Waals surface area contributed by atoms with Crippen LogP contribution < -0.4 is 0 Å². The number of fused-ring (bicyclic) bond motifs is 1. The van der Waals surface area contributed by atoms with Crippen molar-refractivity contribution >= 4 is 17.9 Å². The fourth-order valence-electron chi connectivity index (χ4n) is 2.84. The monoisotopic (exact) mass is 355 g/mol. The number of rotatable bonds is 3. The lowest BCUT2D eigenvalue weighted by molar-refractivity contribution is 0.0224. The number of amides is 1. The first-order valence-electron chi connectivity index (χ1n) is 8.67. The Labute approximate surface area is 154 Å². The Kier molecular flexibility index (Phi) is 5.38. The molecule has 3 rings (SSSR count). The SMILES string of the molecule is CC(C)(C)OC(=O)N1CCc2cc(SCc3ccccc3)ccc2C1. The van der Waals surface area contributed by atoms with Crippen LogP contribution in [0.3, 0.4) is 0 Å². The van der Waals surface area contributed by atoms with E-state index in [0.29, 0.717) is 13.1 Å². The molecule has 0 N–H and O–H groups in total. The van der Waals surface area contributed by atoms with Gasteiger partial charge in [-0.2, -0.15) is 0 Å². The Morgan fingerprint density at radius 1 is 1.12 bits per heavy atom. The molecule has 0 radical (unpaired) electrons. The van der Waals surface area contributed by atoms with Gasteiger partial charge in [-0.25, -0.2) is 4.79 Å². The molecule has 1 aliphatic rings. The third-order valence-corrected chi connectivity index (χ3v) is 5.15. The van der Waals surface area contributed by atoms with E-state index in [4.69, 9.17) is 4.74 Å². The third-order valence-electron chi connectivity index (χ3n) is 4.09. The number of ether oxygens (including phenoxy) is 1. The van der Waals surface area contributed by atoms with E-state index in [-0.39, 0.29) is 6.09 Å². The quantitative estimate of drug-likeness (QED) is 0.702. The van der Waals surface area contributed by atoms with E-state index in [1.807, 2.05) is 38.6 Å². The molecule has 0 fully saturated rings. The van der Waals surface area contributed by atoms with Crippen LogP contribution in [0.2, 0.25) is 0 Å². The minimum atomic E-state index is -0.449. The van der Waals surface area contributed by atoms with E-state index >= 15 is 0 Å². The maximum atomic E-state index is 12.2. The highest BCUT2D eigenvalue weighted by atomic mass is 32.2. The highest BCUT2D eigenvalue weighted by Gasteiger charge is 2.25. The summed E-state index contributed by atoms with van der Waals surface area (Å²) in [6.07, 6.45) is 0.662. The van der Waals surface area contributed by atoms with Gasteiger partial charge in [0.15, 0.2) is 0 Å². The van der Waals surface area contributed by atoms with Gasteiger partial charge in [0.1, 0.15) is 5.60 Å². The summed E-state index contributed by atoms with van der Waals surface area (Å²) in [5, 5.41) is 0. The summed E-state index contributed by atoms with van der Waals surface area (Å²) in [5.41, 5.74) is 3.45. The van der Waals surface area contributed by atoms with Crippen LogP contribution in [-0.4, -0.2) is 23.1 Å². The zero-order valence-electron chi connectivity index (χ0n) is 15.1. The molecule has 25 heavy (non-hydrogen) atoms. The largest absolute Gasteiger partial charge is 0.444 e. The molecular formula is C21H25NO2S. The number of hydrogen-bond donors (Lipinski definition) is 0. The summed E-state index contributed by atoms with van der Waals surface area (Å²) >= 11 is 1.86. The van der Waals surface area contributed by atoms with E-state index in [0.717, 1.165) is 12.2 Å². The molecule has 0 saturated carbocycles. The molecule has 1 heterocycles. The molecule has 3 nitrogen and oxygen atoms in total. The summed E-state index contributed by atoms with van der Waals surface area (Å²) in [6.45, 7) is 7.06. The van der Waals surface area contributed by atoms with Crippen molar-refractivity contribution in [1.82, 2.24) is 4.90 Å². The van der Waals surface area contributed by atoms with Crippen molar-refractivity contribution in [1.29, 1.82) is 0 Å². The Morgan fingerprint density at radius 3 is 2.60 bits per heavy atom. The molecule has 0 aliphatic carbocycles. The Hall–Kier alpha value is -1.94. The summed E-state index contributed by atoms with van der Waals surface area (Å²) < 4.78 is 5.49. The minimum Gasteiger partial charge on any atom is -0.444 e. The second-order valence-corrected chi connectivity index (χ2v) is 8.41. The van der Waals surface area contributed by atoms with Crippen LogP contribution in [0.25, 0.3) is 0 Å². The smallest absolute Gasteiger partial charge is 0.410 e. The molecule has 1 aliphatic heterocycles. The van der Waals surface area contributed by atoms with Crippen molar-refractivity contribution in [2.24, 2.45) is 0 Å². The van der Waals surface area contributed by atoms with Gasteiger partial charge in [-0.05, 0) is 56.0 Å². The lowest BCUT2D eigenvalue weighted by Crippen LogP contribution is -2.39. The minimum absolute atomic E-state index is 0.222. The van der Waals surface area contributed by atoms with Gasteiger partial charge < -0.3 is 9.64 Å². The van der Waals surface area contributed by atoms with Crippen LogP contribution in [0.5, 0.6) is 0 Å². The van der Waals surface area contributed by atoms with Gasteiger partial charge >= 0.3 is 6.09 Å². The van der Waals surface area contributed by atoms with Crippen LogP contribution in [0.1, 0.15) is 37.5 Å². The summed E-state index contributed by atoms with van der Waals surface area (Å²) in [5.74, 6) is 0.976. The molecule has 1 amide bonds. The van der Waals surface area contributed by atoms with Crippen molar-refractivity contribution in [3.63, 3.8) is 0 Å². The van der Waals surface area contributed by atoms with Crippen LogP contribution in [0.4, 0.5) is 4.79 Å². The number of carbonyl (C=O) groups is 1. The average molecular weight is 356 g/mol. The number of carbonyl (C=O) groups excluding carboxylic acids is 1. The lowest BCUT2D eigenvalue weighted by Gasteiger charge is -2.31. The number of thioether (sulfide) groups is 1.